The Kier molecular flexibility index (Phi) is 5.59. The van der Waals surface area contributed by atoms with Crippen molar-refractivity contribution in [1.82, 2.24) is 14.9 Å². The maximum absolute atomic E-state index is 11.9. The van der Waals surface area contributed by atoms with Crippen LogP contribution < -0.4 is 10.6 Å². The van der Waals surface area contributed by atoms with Crippen LogP contribution >= 0.6 is 0 Å². The maximum atomic E-state index is 11.9. The second-order valence-corrected chi connectivity index (χ2v) is 8.55. The summed E-state index contributed by atoms with van der Waals surface area (Å²) in [7, 11) is -3.26. The van der Waals surface area contributed by atoms with Gasteiger partial charge in [0.1, 0.15) is 0 Å². The Bertz CT molecular complexity index is 922. The molecule has 8 nitrogen and oxygen atoms in total. The summed E-state index contributed by atoms with van der Waals surface area (Å²) in [6.45, 7) is 5.13. The Morgan fingerprint density at radius 1 is 1.19 bits per heavy atom. The predicted octanol–water partition coefficient (Wildman–Crippen LogP) is 0.825. The molecule has 2 N–H and O–H groups in total. The molecule has 1 aliphatic heterocycles. The molecule has 0 saturated carbocycles. The van der Waals surface area contributed by atoms with Crippen LogP contribution in [0, 0.1) is 6.92 Å². The lowest BCUT2D eigenvalue weighted by molar-refractivity contribution is 0.378. The van der Waals surface area contributed by atoms with Crippen molar-refractivity contribution in [2.75, 3.05) is 37.3 Å². The standard InChI is InChI=1S/C18H24N6O2S/c1-14-4-5-15(12-16(14)27(2,25)26)13-22-17(19)23-8-10-24(11-9-23)18-20-6-3-7-21-18/h3-7,12H,8-11,13H2,1-2H3,(H2,19,22). The van der Waals surface area contributed by atoms with Gasteiger partial charge in [-0.25, -0.2) is 23.4 Å². The molecule has 144 valence electrons. The Labute approximate surface area is 159 Å². The minimum absolute atomic E-state index is 0.338. The first kappa shape index (κ1) is 19.1. The summed E-state index contributed by atoms with van der Waals surface area (Å²) in [6.07, 6.45) is 4.68. The first-order chi connectivity index (χ1) is 12.8. The van der Waals surface area contributed by atoms with E-state index in [0.717, 1.165) is 43.3 Å². The highest BCUT2D eigenvalue weighted by Gasteiger charge is 2.20. The summed E-state index contributed by atoms with van der Waals surface area (Å²) in [5.41, 5.74) is 7.70. The molecule has 0 radical (unpaired) electrons. The van der Waals surface area contributed by atoms with Crippen molar-refractivity contribution in [3.8, 4) is 0 Å². The third kappa shape index (κ3) is 4.73. The minimum Gasteiger partial charge on any atom is -0.370 e. The van der Waals surface area contributed by atoms with Gasteiger partial charge < -0.3 is 15.5 Å². The zero-order chi connectivity index (χ0) is 19.4. The van der Waals surface area contributed by atoms with Crippen molar-refractivity contribution >= 4 is 21.7 Å². The highest BCUT2D eigenvalue weighted by molar-refractivity contribution is 7.90. The number of guanidine groups is 1. The quantitative estimate of drug-likeness (QED) is 0.611. The summed E-state index contributed by atoms with van der Waals surface area (Å²) in [5, 5.41) is 0. The summed E-state index contributed by atoms with van der Waals surface area (Å²) >= 11 is 0. The van der Waals surface area contributed by atoms with Crippen molar-refractivity contribution in [1.29, 1.82) is 0 Å². The average molecular weight is 388 g/mol. The number of aliphatic imine (C=N–C) groups is 1. The van der Waals surface area contributed by atoms with E-state index in [-0.39, 0.29) is 0 Å². The number of nitrogens with zero attached hydrogens (tertiary/aromatic N) is 5. The number of hydrogen-bond donors (Lipinski definition) is 1. The van der Waals surface area contributed by atoms with Crippen LogP contribution in [0.25, 0.3) is 0 Å². The lowest BCUT2D eigenvalue weighted by Crippen LogP contribution is -2.51. The molecule has 2 aromatic rings. The van der Waals surface area contributed by atoms with Gasteiger partial charge >= 0.3 is 0 Å². The molecule has 9 heteroatoms. The van der Waals surface area contributed by atoms with Gasteiger partial charge in [0.05, 0.1) is 11.4 Å². The first-order valence-corrected chi connectivity index (χ1v) is 10.6. The van der Waals surface area contributed by atoms with Crippen molar-refractivity contribution in [2.45, 2.75) is 18.4 Å². The highest BCUT2D eigenvalue weighted by Crippen LogP contribution is 2.17. The van der Waals surface area contributed by atoms with E-state index in [1.54, 1.807) is 37.5 Å². The van der Waals surface area contributed by atoms with E-state index in [4.69, 9.17) is 5.73 Å². The van der Waals surface area contributed by atoms with Gasteiger partial charge in [0.15, 0.2) is 15.8 Å². The molecule has 1 aromatic carbocycles. The predicted molar refractivity (Wildman–Crippen MR) is 105 cm³/mol. The third-order valence-electron chi connectivity index (χ3n) is 4.51. The fraction of sp³-hybridized carbons (Fsp3) is 0.389. The van der Waals surface area contributed by atoms with Gasteiger partial charge in [0.25, 0.3) is 0 Å². The summed E-state index contributed by atoms with van der Waals surface area (Å²) in [4.78, 5) is 17.5. The summed E-state index contributed by atoms with van der Waals surface area (Å²) in [5.74, 6) is 1.19. The van der Waals surface area contributed by atoms with Crippen LogP contribution in [-0.4, -0.2) is 61.7 Å². The molecule has 27 heavy (non-hydrogen) atoms. The van der Waals surface area contributed by atoms with Crippen LogP contribution in [0.15, 0.2) is 46.5 Å². The van der Waals surface area contributed by atoms with E-state index in [0.29, 0.717) is 17.4 Å². The largest absolute Gasteiger partial charge is 0.370 e. The number of piperazine rings is 1. The van der Waals surface area contributed by atoms with E-state index < -0.39 is 9.84 Å². The van der Waals surface area contributed by atoms with Crippen LogP contribution in [-0.2, 0) is 16.4 Å². The molecule has 0 amide bonds. The van der Waals surface area contributed by atoms with Crippen LogP contribution in [0.5, 0.6) is 0 Å². The van der Waals surface area contributed by atoms with Crippen molar-refractivity contribution < 1.29 is 8.42 Å². The number of nitrogens with two attached hydrogens (primary N) is 1. The topological polar surface area (TPSA) is 105 Å². The molecule has 1 saturated heterocycles. The Morgan fingerprint density at radius 2 is 1.85 bits per heavy atom. The number of aromatic nitrogens is 2. The molecule has 0 bridgehead atoms. The second-order valence-electron chi connectivity index (χ2n) is 6.57. The van der Waals surface area contributed by atoms with E-state index in [9.17, 15) is 8.42 Å². The van der Waals surface area contributed by atoms with Crippen LogP contribution in [0.2, 0.25) is 0 Å². The Morgan fingerprint density at radius 3 is 2.48 bits per heavy atom. The van der Waals surface area contributed by atoms with Crippen molar-refractivity contribution in [3.05, 3.63) is 47.8 Å². The molecule has 3 rings (SSSR count). The summed E-state index contributed by atoms with van der Waals surface area (Å²) in [6, 6.07) is 7.15. The second kappa shape index (κ2) is 7.91. The van der Waals surface area contributed by atoms with Gasteiger partial charge in [0.2, 0.25) is 5.95 Å². The lowest BCUT2D eigenvalue weighted by Gasteiger charge is -2.35. The van der Waals surface area contributed by atoms with Crippen LogP contribution in [0.1, 0.15) is 11.1 Å². The fourth-order valence-electron chi connectivity index (χ4n) is 3.00. The summed E-state index contributed by atoms with van der Waals surface area (Å²) < 4.78 is 23.7. The molecule has 1 fully saturated rings. The number of hydrogen-bond acceptors (Lipinski definition) is 6. The number of rotatable bonds is 4. The van der Waals surface area contributed by atoms with Crippen molar-refractivity contribution in [3.63, 3.8) is 0 Å². The fourth-order valence-corrected chi connectivity index (χ4v) is 4.02. The number of benzene rings is 1. The first-order valence-electron chi connectivity index (χ1n) is 8.71. The van der Waals surface area contributed by atoms with Crippen LogP contribution in [0.3, 0.4) is 0 Å². The van der Waals surface area contributed by atoms with Gasteiger partial charge in [-0.3, -0.25) is 0 Å². The maximum Gasteiger partial charge on any atom is 0.225 e. The van der Waals surface area contributed by atoms with Gasteiger partial charge in [-0.2, -0.15) is 0 Å². The van der Waals surface area contributed by atoms with Gasteiger partial charge in [-0.1, -0.05) is 12.1 Å². The van der Waals surface area contributed by atoms with Gasteiger partial charge in [0, 0.05) is 44.8 Å². The van der Waals surface area contributed by atoms with Gasteiger partial charge in [-0.15, -0.1) is 0 Å². The molecular weight excluding hydrogens is 364 g/mol. The number of aryl methyl sites for hydroxylation is 1. The van der Waals surface area contributed by atoms with Crippen molar-refractivity contribution in [2.24, 2.45) is 10.7 Å². The molecule has 1 aromatic heterocycles. The molecule has 0 aliphatic carbocycles. The van der Waals surface area contributed by atoms with Gasteiger partial charge in [-0.05, 0) is 30.2 Å². The zero-order valence-electron chi connectivity index (χ0n) is 15.5. The third-order valence-corrected chi connectivity index (χ3v) is 5.75. The van der Waals surface area contributed by atoms with E-state index in [1.165, 1.54) is 6.26 Å². The molecule has 0 unspecified atom stereocenters. The Balaban J connectivity index is 1.62. The Hall–Kier alpha value is -2.68. The molecular formula is C18H24N6O2S. The molecule has 1 aliphatic rings. The monoisotopic (exact) mass is 388 g/mol. The average Bonchev–Trinajstić information content (AvgIpc) is 2.67. The van der Waals surface area contributed by atoms with E-state index in [2.05, 4.69) is 19.9 Å². The molecule has 0 atom stereocenters. The zero-order valence-corrected chi connectivity index (χ0v) is 16.4. The highest BCUT2D eigenvalue weighted by atomic mass is 32.2. The van der Waals surface area contributed by atoms with E-state index in [1.807, 2.05) is 11.0 Å². The smallest absolute Gasteiger partial charge is 0.225 e. The molecule has 2 heterocycles. The normalized spacial score (nSPS) is 15.9. The lowest BCUT2D eigenvalue weighted by atomic mass is 10.1. The minimum atomic E-state index is -3.26. The number of anilines is 1. The van der Waals surface area contributed by atoms with E-state index >= 15 is 0 Å². The van der Waals surface area contributed by atoms with Crippen LogP contribution in [0.4, 0.5) is 5.95 Å². The number of sulfone groups is 1. The molecule has 0 spiro atoms. The SMILES string of the molecule is Cc1ccc(CN=C(N)N2CCN(c3ncccn3)CC2)cc1S(C)(=O)=O.